The standard InChI is InChI=1S/C15H21BrN2O/c1-11-9-13(6-7-14(11)16)17-15(19)10-18-8-4-3-5-12(18)2/h6-7,9,12H,3-5,8,10H2,1-2H3,(H,17,19)/p+1/t12-/m0/s1. The molecule has 1 unspecified atom stereocenters. The van der Waals surface area contributed by atoms with E-state index in [9.17, 15) is 4.79 Å². The molecular weight excluding hydrogens is 304 g/mol. The number of aryl methyl sites for hydroxylation is 1. The predicted octanol–water partition coefficient (Wildman–Crippen LogP) is 2.15. The zero-order valence-electron chi connectivity index (χ0n) is 11.6. The molecule has 4 heteroatoms. The van der Waals surface area contributed by atoms with Gasteiger partial charge in [-0.05, 0) is 56.9 Å². The molecule has 3 nitrogen and oxygen atoms in total. The maximum atomic E-state index is 12.1. The van der Waals surface area contributed by atoms with Gasteiger partial charge in [0.15, 0.2) is 6.54 Å². The van der Waals surface area contributed by atoms with Gasteiger partial charge in [0.2, 0.25) is 0 Å². The van der Waals surface area contributed by atoms with E-state index < -0.39 is 0 Å². The molecule has 104 valence electrons. The van der Waals surface area contributed by atoms with Crippen LogP contribution in [0.1, 0.15) is 31.7 Å². The van der Waals surface area contributed by atoms with Crippen LogP contribution in [-0.4, -0.2) is 25.0 Å². The zero-order valence-corrected chi connectivity index (χ0v) is 13.2. The molecule has 1 amide bonds. The van der Waals surface area contributed by atoms with Crippen molar-refractivity contribution >= 4 is 27.5 Å². The minimum absolute atomic E-state index is 0.116. The summed E-state index contributed by atoms with van der Waals surface area (Å²) in [6.07, 6.45) is 3.78. The molecule has 0 spiro atoms. The minimum Gasteiger partial charge on any atom is -0.325 e. The SMILES string of the molecule is Cc1cc(NC(=O)C[NH+]2CCCC[C@@H]2C)ccc1Br. The van der Waals surface area contributed by atoms with E-state index in [1.54, 1.807) is 0 Å². The van der Waals surface area contributed by atoms with Gasteiger partial charge in [-0.1, -0.05) is 15.9 Å². The third kappa shape index (κ3) is 4.05. The summed E-state index contributed by atoms with van der Waals surface area (Å²) < 4.78 is 1.07. The average molecular weight is 326 g/mol. The summed E-state index contributed by atoms with van der Waals surface area (Å²) in [5.41, 5.74) is 2.02. The number of quaternary nitrogens is 1. The third-order valence-electron chi connectivity index (χ3n) is 3.91. The number of anilines is 1. The van der Waals surface area contributed by atoms with E-state index in [1.807, 2.05) is 25.1 Å². The van der Waals surface area contributed by atoms with Crippen molar-refractivity contribution in [1.82, 2.24) is 0 Å². The number of carbonyl (C=O) groups excluding carboxylic acids is 1. The van der Waals surface area contributed by atoms with Crippen LogP contribution in [0.5, 0.6) is 0 Å². The Hall–Kier alpha value is -0.870. The van der Waals surface area contributed by atoms with Gasteiger partial charge >= 0.3 is 0 Å². The summed E-state index contributed by atoms with van der Waals surface area (Å²) in [6.45, 7) is 5.97. The van der Waals surface area contributed by atoms with Gasteiger partial charge in [-0.3, -0.25) is 4.79 Å². The van der Waals surface area contributed by atoms with Crippen molar-refractivity contribution in [3.05, 3.63) is 28.2 Å². The Balaban J connectivity index is 1.91. The van der Waals surface area contributed by atoms with Crippen molar-refractivity contribution in [1.29, 1.82) is 0 Å². The number of hydrogen-bond donors (Lipinski definition) is 2. The Labute approximate surface area is 123 Å². The number of piperidine rings is 1. The molecule has 2 rings (SSSR count). The van der Waals surface area contributed by atoms with Crippen molar-refractivity contribution in [2.24, 2.45) is 0 Å². The molecule has 0 radical (unpaired) electrons. The Morgan fingerprint density at radius 3 is 2.95 bits per heavy atom. The van der Waals surface area contributed by atoms with Crippen LogP contribution in [0.3, 0.4) is 0 Å². The highest BCUT2D eigenvalue weighted by Gasteiger charge is 2.24. The Morgan fingerprint density at radius 2 is 2.26 bits per heavy atom. The van der Waals surface area contributed by atoms with Crippen LogP contribution in [0.25, 0.3) is 0 Å². The number of amides is 1. The predicted molar refractivity (Wildman–Crippen MR) is 81.5 cm³/mol. The first-order chi connectivity index (χ1) is 9.06. The smallest absolute Gasteiger partial charge is 0.279 e. The Bertz CT molecular complexity index is 461. The highest BCUT2D eigenvalue weighted by atomic mass is 79.9. The van der Waals surface area contributed by atoms with Crippen LogP contribution in [0.2, 0.25) is 0 Å². The van der Waals surface area contributed by atoms with E-state index in [0.29, 0.717) is 12.6 Å². The minimum atomic E-state index is 0.116. The maximum absolute atomic E-state index is 12.1. The second-order valence-electron chi connectivity index (χ2n) is 5.49. The summed E-state index contributed by atoms with van der Waals surface area (Å²) in [5.74, 6) is 0.116. The molecule has 2 atom stereocenters. The molecule has 2 N–H and O–H groups in total. The molecule has 1 aromatic rings. The highest BCUT2D eigenvalue weighted by Crippen LogP contribution is 2.19. The summed E-state index contributed by atoms with van der Waals surface area (Å²) >= 11 is 3.47. The fraction of sp³-hybridized carbons (Fsp3) is 0.533. The number of benzene rings is 1. The second-order valence-corrected chi connectivity index (χ2v) is 6.35. The van der Waals surface area contributed by atoms with Crippen LogP contribution < -0.4 is 10.2 Å². The van der Waals surface area contributed by atoms with Crippen LogP contribution in [0.4, 0.5) is 5.69 Å². The molecule has 1 saturated heterocycles. The lowest BCUT2D eigenvalue weighted by Gasteiger charge is -2.29. The quantitative estimate of drug-likeness (QED) is 0.877. The molecule has 1 aliphatic rings. The molecule has 1 aromatic carbocycles. The van der Waals surface area contributed by atoms with E-state index in [2.05, 4.69) is 28.2 Å². The van der Waals surface area contributed by atoms with Gasteiger partial charge in [0.05, 0.1) is 12.6 Å². The monoisotopic (exact) mass is 325 g/mol. The fourth-order valence-corrected chi connectivity index (χ4v) is 2.90. The lowest BCUT2D eigenvalue weighted by molar-refractivity contribution is -0.920. The lowest BCUT2D eigenvalue weighted by Crippen LogP contribution is -3.17. The van der Waals surface area contributed by atoms with Gasteiger partial charge in [-0.25, -0.2) is 0 Å². The van der Waals surface area contributed by atoms with E-state index in [1.165, 1.54) is 24.2 Å². The van der Waals surface area contributed by atoms with Crippen LogP contribution in [0, 0.1) is 6.92 Å². The first-order valence-corrected chi connectivity index (χ1v) is 7.76. The van der Waals surface area contributed by atoms with Gasteiger partial charge in [0, 0.05) is 10.2 Å². The topological polar surface area (TPSA) is 33.5 Å². The van der Waals surface area contributed by atoms with Crippen molar-refractivity contribution in [3.8, 4) is 0 Å². The van der Waals surface area contributed by atoms with Crippen LogP contribution >= 0.6 is 15.9 Å². The molecule has 1 aliphatic heterocycles. The molecular formula is C15H22BrN2O+. The number of nitrogens with one attached hydrogen (secondary N) is 2. The lowest BCUT2D eigenvalue weighted by atomic mass is 10.0. The van der Waals surface area contributed by atoms with Gasteiger partial charge < -0.3 is 10.2 Å². The van der Waals surface area contributed by atoms with Gasteiger partial charge in [-0.15, -0.1) is 0 Å². The van der Waals surface area contributed by atoms with Crippen LogP contribution in [-0.2, 0) is 4.79 Å². The first-order valence-electron chi connectivity index (χ1n) is 6.97. The molecule has 1 heterocycles. The molecule has 0 saturated carbocycles. The molecule has 0 aliphatic carbocycles. The summed E-state index contributed by atoms with van der Waals surface area (Å²) in [4.78, 5) is 13.5. The Morgan fingerprint density at radius 1 is 1.47 bits per heavy atom. The summed E-state index contributed by atoms with van der Waals surface area (Å²) in [5, 5.41) is 3.00. The van der Waals surface area contributed by atoms with Crippen molar-refractivity contribution in [3.63, 3.8) is 0 Å². The van der Waals surface area contributed by atoms with Crippen molar-refractivity contribution < 1.29 is 9.69 Å². The van der Waals surface area contributed by atoms with Gasteiger partial charge in [-0.2, -0.15) is 0 Å². The first kappa shape index (κ1) is 14.5. The number of halogens is 1. The molecule has 0 aromatic heterocycles. The largest absolute Gasteiger partial charge is 0.325 e. The second kappa shape index (κ2) is 6.53. The van der Waals surface area contributed by atoms with Crippen LogP contribution in [0.15, 0.2) is 22.7 Å². The average Bonchev–Trinajstić information content (AvgIpc) is 2.37. The third-order valence-corrected chi connectivity index (χ3v) is 4.80. The number of carbonyl (C=O) groups is 1. The van der Waals surface area contributed by atoms with Crippen molar-refractivity contribution in [2.45, 2.75) is 39.2 Å². The van der Waals surface area contributed by atoms with Crippen molar-refractivity contribution in [2.75, 3.05) is 18.4 Å². The Kier molecular flexibility index (Phi) is 4.99. The molecule has 0 bridgehead atoms. The summed E-state index contributed by atoms with van der Waals surface area (Å²) in [6, 6.07) is 6.51. The number of likely N-dealkylation sites (tertiary alicyclic amines) is 1. The fourth-order valence-electron chi connectivity index (χ4n) is 2.65. The van der Waals surface area contributed by atoms with E-state index >= 15 is 0 Å². The van der Waals surface area contributed by atoms with Gasteiger partial charge in [0.1, 0.15) is 0 Å². The molecule has 19 heavy (non-hydrogen) atoms. The summed E-state index contributed by atoms with van der Waals surface area (Å²) in [7, 11) is 0. The maximum Gasteiger partial charge on any atom is 0.279 e. The van der Waals surface area contributed by atoms with E-state index in [-0.39, 0.29) is 5.91 Å². The molecule has 1 fully saturated rings. The van der Waals surface area contributed by atoms with E-state index in [0.717, 1.165) is 22.3 Å². The number of hydrogen-bond acceptors (Lipinski definition) is 1. The number of rotatable bonds is 3. The normalized spacial score (nSPS) is 23.1. The highest BCUT2D eigenvalue weighted by molar-refractivity contribution is 9.10. The van der Waals surface area contributed by atoms with Gasteiger partial charge in [0.25, 0.3) is 5.91 Å². The van der Waals surface area contributed by atoms with E-state index in [4.69, 9.17) is 0 Å². The zero-order chi connectivity index (χ0) is 13.8.